The van der Waals surface area contributed by atoms with E-state index in [1.165, 1.54) is 24.9 Å². The molecule has 0 aliphatic carbocycles. The number of hydrogen-bond acceptors (Lipinski definition) is 3. The van der Waals surface area contributed by atoms with Crippen LogP contribution in [0.4, 0.5) is 0 Å². The zero-order valence-corrected chi connectivity index (χ0v) is 9.39. The Labute approximate surface area is 91.1 Å². The monoisotopic (exact) mass is 208 g/mol. The number of piperidine rings is 1. The molecule has 1 fully saturated rings. The Morgan fingerprint density at radius 1 is 1.60 bits per heavy atom. The maximum Gasteiger partial charge on any atom is 0.0534 e. The van der Waals surface area contributed by atoms with Gasteiger partial charge in [0.15, 0.2) is 0 Å². The Morgan fingerprint density at radius 2 is 2.47 bits per heavy atom. The van der Waals surface area contributed by atoms with Crippen LogP contribution in [0.25, 0.3) is 0 Å². The van der Waals surface area contributed by atoms with Crippen LogP contribution in [0.1, 0.15) is 25.3 Å². The van der Waals surface area contributed by atoms with Crippen molar-refractivity contribution in [2.75, 3.05) is 13.1 Å². The molecular formula is C11H20N4. The molecule has 1 aromatic rings. The van der Waals surface area contributed by atoms with E-state index in [1.54, 1.807) is 0 Å². The molecule has 0 saturated carbocycles. The summed E-state index contributed by atoms with van der Waals surface area (Å²) in [7, 11) is 0. The summed E-state index contributed by atoms with van der Waals surface area (Å²) in [6, 6.07) is 0.361. The minimum atomic E-state index is 0.361. The van der Waals surface area contributed by atoms with Crippen molar-refractivity contribution in [2.24, 2.45) is 5.73 Å². The van der Waals surface area contributed by atoms with Crippen LogP contribution in [-0.2, 0) is 13.1 Å². The smallest absolute Gasteiger partial charge is 0.0534 e. The zero-order valence-electron chi connectivity index (χ0n) is 9.39. The fraction of sp³-hybridized carbons (Fsp3) is 0.727. The van der Waals surface area contributed by atoms with Crippen LogP contribution < -0.4 is 5.73 Å². The first kappa shape index (κ1) is 10.6. The molecule has 2 heterocycles. The van der Waals surface area contributed by atoms with Crippen molar-refractivity contribution in [1.29, 1.82) is 0 Å². The van der Waals surface area contributed by atoms with E-state index < -0.39 is 0 Å². The van der Waals surface area contributed by atoms with Crippen LogP contribution in [-0.4, -0.2) is 33.8 Å². The number of likely N-dealkylation sites (tertiary alicyclic amines) is 1. The van der Waals surface area contributed by atoms with Gasteiger partial charge in [0.2, 0.25) is 0 Å². The van der Waals surface area contributed by atoms with Crippen molar-refractivity contribution < 1.29 is 0 Å². The molecule has 1 saturated heterocycles. The number of aryl methyl sites for hydroxylation is 1. The van der Waals surface area contributed by atoms with Crippen molar-refractivity contribution in [2.45, 2.75) is 38.9 Å². The molecule has 0 radical (unpaired) electrons. The van der Waals surface area contributed by atoms with Crippen molar-refractivity contribution in [3.63, 3.8) is 0 Å². The van der Waals surface area contributed by atoms with E-state index in [-0.39, 0.29) is 0 Å². The van der Waals surface area contributed by atoms with Gasteiger partial charge in [-0.2, -0.15) is 5.10 Å². The first-order valence-electron chi connectivity index (χ1n) is 5.77. The van der Waals surface area contributed by atoms with E-state index >= 15 is 0 Å². The van der Waals surface area contributed by atoms with Crippen LogP contribution in [0.5, 0.6) is 0 Å². The summed E-state index contributed by atoms with van der Waals surface area (Å²) in [5, 5.41) is 4.28. The van der Waals surface area contributed by atoms with Crippen LogP contribution in [0.2, 0.25) is 0 Å². The summed E-state index contributed by atoms with van der Waals surface area (Å²) < 4.78 is 1.97. The molecule has 1 atom stereocenters. The Kier molecular flexibility index (Phi) is 3.38. The van der Waals surface area contributed by atoms with E-state index in [2.05, 4.69) is 23.1 Å². The molecule has 84 valence electrons. The van der Waals surface area contributed by atoms with Crippen molar-refractivity contribution >= 4 is 0 Å². The maximum atomic E-state index is 5.95. The third-order valence-corrected chi connectivity index (χ3v) is 2.96. The molecule has 0 spiro atoms. The van der Waals surface area contributed by atoms with E-state index in [0.29, 0.717) is 6.04 Å². The summed E-state index contributed by atoms with van der Waals surface area (Å²) in [4.78, 5) is 2.42. The van der Waals surface area contributed by atoms with Gasteiger partial charge in [-0.1, -0.05) is 0 Å². The second-order valence-electron chi connectivity index (χ2n) is 4.34. The quantitative estimate of drug-likeness (QED) is 0.800. The lowest BCUT2D eigenvalue weighted by molar-refractivity contribution is 0.201. The number of rotatable bonds is 3. The van der Waals surface area contributed by atoms with Gasteiger partial charge in [0.25, 0.3) is 0 Å². The minimum Gasteiger partial charge on any atom is -0.327 e. The highest BCUT2D eigenvalue weighted by Gasteiger charge is 2.16. The fourth-order valence-corrected chi connectivity index (χ4v) is 2.15. The zero-order chi connectivity index (χ0) is 10.7. The first-order chi connectivity index (χ1) is 7.28. The lowest BCUT2D eigenvalue weighted by atomic mass is 10.1. The normalized spacial score (nSPS) is 23.2. The number of nitrogens with two attached hydrogens (primary N) is 1. The summed E-state index contributed by atoms with van der Waals surface area (Å²) in [5.41, 5.74) is 7.24. The molecule has 1 aliphatic heterocycles. The van der Waals surface area contributed by atoms with Crippen LogP contribution in [0.3, 0.4) is 0 Å². The third kappa shape index (κ3) is 2.79. The highest BCUT2D eigenvalue weighted by molar-refractivity contribution is 5.04. The van der Waals surface area contributed by atoms with Gasteiger partial charge in [0, 0.05) is 37.4 Å². The highest BCUT2D eigenvalue weighted by Crippen LogP contribution is 2.11. The van der Waals surface area contributed by atoms with Gasteiger partial charge in [-0.3, -0.25) is 9.58 Å². The lowest BCUT2D eigenvalue weighted by Crippen LogP contribution is -2.42. The van der Waals surface area contributed by atoms with Crippen LogP contribution >= 0.6 is 0 Å². The van der Waals surface area contributed by atoms with Crippen molar-refractivity contribution in [3.05, 3.63) is 18.0 Å². The topological polar surface area (TPSA) is 47.1 Å². The molecule has 1 unspecified atom stereocenters. The Bertz CT molecular complexity index is 307. The number of aromatic nitrogens is 2. The van der Waals surface area contributed by atoms with Gasteiger partial charge in [0.05, 0.1) is 6.20 Å². The average Bonchev–Trinajstić information content (AvgIpc) is 2.65. The summed E-state index contributed by atoms with van der Waals surface area (Å²) >= 11 is 0. The van der Waals surface area contributed by atoms with Crippen LogP contribution in [0.15, 0.2) is 12.4 Å². The molecule has 4 nitrogen and oxygen atoms in total. The fourth-order valence-electron chi connectivity index (χ4n) is 2.15. The molecule has 0 amide bonds. The predicted octanol–water partition coefficient (Wildman–Crippen LogP) is 0.826. The predicted molar refractivity (Wildman–Crippen MR) is 60.4 cm³/mol. The van der Waals surface area contributed by atoms with Gasteiger partial charge in [-0.15, -0.1) is 0 Å². The van der Waals surface area contributed by atoms with E-state index in [1.807, 2.05) is 10.9 Å². The van der Waals surface area contributed by atoms with Crippen molar-refractivity contribution in [3.8, 4) is 0 Å². The molecule has 2 rings (SSSR count). The molecule has 0 aromatic carbocycles. The van der Waals surface area contributed by atoms with Gasteiger partial charge in [-0.25, -0.2) is 0 Å². The maximum absolute atomic E-state index is 5.95. The largest absolute Gasteiger partial charge is 0.327 e. The number of hydrogen-bond donors (Lipinski definition) is 1. The average molecular weight is 208 g/mol. The first-order valence-corrected chi connectivity index (χ1v) is 5.77. The minimum absolute atomic E-state index is 0.361. The standard InChI is InChI=1S/C11H20N4/c1-2-15-8-10(6-13-15)7-14-5-3-4-11(12)9-14/h6,8,11H,2-5,7,9,12H2,1H3. The van der Waals surface area contributed by atoms with Crippen LogP contribution in [0, 0.1) is 0 Å². The van der Waals surface area contributed by atoms with E-state index in [0.717, 1.165) is 19.6 Å². The summed E-state index contributed by atoms with van der Waals surface area (Å²) in [6.07, 6.45) is 6.48. The Hall–Kier alpha value is -0.870. The van der Waals surface area contributed by atoms with E-state index in [4.69, 9.17) is 5.73 Å². The Morgan fingerprint density at radius 3 is 3.13 bits per heavy atom. The summed E-state index contributed by atoms with van der Waals surface area (Å²) in [6.45, 7) is 6.24. The Balaban J connectivity index is 1.90. The second-order valence-corrected chi connectivity index (χ2v) is 4.34. The number of nitrogens with zero attached hydrogens (tertiary/aromatic N) is 3. The van der Waals surface area contributed by atoms with E-state index in [9.17, 15) is 0 Å². The molecule has 1 aromatic heterocycles. The molecule has 1 aliphatic rings. The lowest BCUT2D eigenvalue weighted by Gasteiger charge is -2.30. The second kappa shape index (κ2) is 4.77. The molecule has 0 bridgehead atoms. The van der Waals surface area contributed by atoms with Gasteiger partial charge in [-0.05, 0) is 26.3 Å². The SMILES string of the molecule is CCn1cc(CN2CCCC(N)C2)cn1. The molecule has 4 heteroatoms. The molecule has 2 N–H and O–H groups in total. The highest BCUT2D eigenvalue weighted by atomic mass is 15.3. The molecule has 15 heavy (non-hydrogen) atoms. The summed E-state index contributed by atoms with van der Waals surface area (Å²) in [5.74, 6) is 0. The molecular weight excluding hydrogens is 188 g/mol. The van der Waals surface area contributed by atoms with Gasteiger partial charge in [0.1, 0.15) is 0 Å². The van der Waals surface area contributed by atoms with Crippen molar-refractivity contribution in [1.82, 2.24) is 14.7 Å². The van der Waals surface area contributed by atoms with Gasteiger partial charge >= 0.3 is 0 Å². The van der Waals surface area contributed by atoms with Gasteiger partial charge < -0.3 is 5.73 Å². The third-order valence-electron chi connectivity index (χ3n) is 2.96.